The Morgan fingerprint density at radius 2 is 1.76 bits per heavy atom. The zero-order chi connectivity index (χ0) is 15.6. The van der Waals surface area contributed by atoms with Gasteiger partial charge in [-0.2, -0.15) is 0 Å². The van der Waals surface area contributed by atoms with Gasteiger partial charge in [0.05, 0.1) is 0 Å². The molecule has 2 rings (SSSR count). The molecule has 3 nitrogen and oxygen atoms in total. The molecule has 0 radical (unpaired) electrons. The summed E-state index contributed by atoms with van der Waals surface area (Å²) in [7, 11) is 0. The molecular weight excluding hydrogens is 260 g/mol. The average Bonchev–Trinajstić information content (AvgIpc) is 2.37. The fraction of sp³-hybridized carbons (Fsp3) is 0.278. The van der Waals surface area contributed by atoms with E-state index in [4.69, 9.17) is 5.73 Å². The first-order valence-corrected chi connectivity index (χ1v) is 7.06. The molecule has 0 aromatic heterocycles. The molecule has 0 saturated heterocycles. The minimum atomic E-state index is -0.107. The van der Waals surface area contributed by atoms with E-state index in [9.17, 15) is 4.79 Å². The van der Waals surface area contributed by atoms with Crippen LogP contribution in [-0.4, -0.2) is 5.91 Å². The molecule has 3 heteroatoms. The molecule has 0 fully saturated rings. The van der Waals surface area contributed by atoms with Crippen LogP contribution in [0.25, 0.3) is 0 Å². The van der Waals surface area contributed by atoms with Gasteiger partial charge in [-0.3, -0.25) is 4.79 Å². The molecule has 0 saturated carbocycles. The van der Waals surface area contributed by atoms with Crippen LogP contribution in [0.3, 0.4) is 0 Å². The van der Waals surface area contributed by atoms with Gasteiger partial charge in [0.2, 0.25) is 0 Å². The summed E-state index contributed by atoms with van der Waals surface area (Å²) in [6.07, 6.45) is 0. The minimum Gasteiger partial charge on any atom is -0.399 e. The van der Waals surface area contributed by atoms with Crippen LogP contribution >= 0.6 is 0 Å². The molecule has 0 unspecified atom stereocenters. The second-order valence-corrected chi connectivity index (χ2v) is 6.32. The molecule has 0 aliphatic carbocycles. The number of nitrogens with two attached hydrogens (primary N) is 1. The lowest BCUT2D eigenvalue weighted by Crippen LogP contribution is -2.19. The summed E-state index contributed by atoms with van der Waals surface area (Å²) in [5.41, 5.74) is 9.86. The SMILES string of the molecule is Cc1cc(N)ccc1C(=O)Nc1ccccc1C(C)(C)C. The summed E-state index contributed by atoms with van der Waals surface area (Å²) >= 11 is 0. The Hall–Kier alpha value is -2.29. The maximum absolute atomic E-state index is 12.5. The number of anilines is 2. The third kappa shape index (κ3) is 3.43. The van der Waals surface area contributed by atoms with Crippen molar-refractivity contribution in [2.45, 2.75) is 33.1 Å². The van der Waals surface area contributed by atoms with Gasteiger partial charge in [0.15, 0.2) is 0 Å². The normalized spacial score (nSPS) is 11.2. The van der Waals surface area contributed by atoms with Gasteiger partial charge in [0, 0.05) is 16.9 Å². The highest BCUT2D eigenvalue weighted by Gasteiger charge is 2.19. The predicted molar refractivity (Wildman–Crippen MR) is 88.7 cm³/mol. The topological polar surface area (TPSA) is 55.1 Å². The van der Waals surface area contributed by atoms with Crippen molar-refractivity contribution >= 4 is 17.3 Å². The Balaban J connectivity index is 2.32. The first kappa shape index (κ1) is 15.1. The smallest absolute Gasteiger partial charge is 0.255 e. The van der Waals surface area contributed by atoms with E-state index in [1.807, 2.05) is 37.3 Å². The summed E-state index contributed by atoms with van der Waals surface area (Å²) in [5.74, 6) is -0.107. The van der Waals surface area contributed by atoms with E-state index in [-0.39, 0.29) is 11.3 Å². The van der Waals surface area contributed by atoms with Crippen LogP contribution in [0.2, 0.25) is 0 Å². The Bertz CT molecular complexity index is 669. The minimum absolute atomic E-state index is 0.0277. The van der Waals surface area contributed by atoms with Gasteiger partial charge >= 0.3 is 0 Å². The highest BCUT2D eigenvalue weighted by molar-refractivity contribution is 6.05. The van der Waals surface area contributed by atoms with Crippen LogP contribution in [0.1, 0.15) is 42.3 Å². The van der Waals surface area contributed by atoms with Gasteiger partial charge in [-0.05, 0) is 47.7 Å². The van der Waals surface area contributed by atoms with Crippen LogP contribution < -0.4 is 11.1 Å². The van der Waals surface area contributed by atoms with Crippen molar-refractivity contribution in [3.05, 3.63) is 59.2 Å². The Morgan fingerprint density at radius 1 is 1.10 bits per heavy atom. The molecule has 21 heavy (non-hydrogen) atoms. The lowest BCUT2D eigenvalue weighted by atomic mass is 9.86. The molecule has 0 aliphatic rings. The van der Waals surface area contributed by atoms with Crippen LogP contribution in [0.15, 0.2) is 42.5 Å². The zero-order valence-electron chi connectivity index (χ0n) is 13.0. The number of hydrogen-bond acceptors (Lipinski definition) is 2. The number of hydrogen-bond donors (Lipinski definition) is 2. The number of benzene rings is 2. The number of carbonyl (C=O) groups excluding carboxylic acids is 1. The molecule has 1 amide bonds. The van der Waals surface area contributed by atoms with Crippen LogP contribution in [0.5, 0.6) is 0 Å². The summed E-state index contributed by atoms with van der Waals surface area (Å²) in [4.78, 5) is 12.5. The highest BCUT2D eigenvalue weighted by atomic mass is 16.1. The van der Waals surface area contributed by atoms with Gasteiger partial charge in [-0.1, -0.05) is 39.0 Å². The quantitative estimate of drug-likeness (QED) is 0.814. The molecule has 2 aromatic carbocycles. The summed E-state index contributed by atoms with van der Waals surface area (Å²) in [6, 6.07) is 13.2. The average molecular weight is 282 g/mol. The number of amides is 1. The third-order valence-corrected chi connectivity index (χ3v) is 3.48. The first-order chi connectivity index (χ1) is 9.79. The van der Waals surface area contributed by atoms with E-state index in [0.717, 1.165) is 16.8 Å². The number of aryl methyl sites for hydroxylation is 1. The van der Waals surface area contributed by atoms with Crippen molar-refractivity contribution in [2.24, 2.45) is 0 Å². The fourth-order valence-electron chi connectivity index (χ4n) is 2.38. The van der Waals surface area contributed by atoms with Crippen molar-refractivity contribution in [3.63, 3.8) is 0 Å². The molecule has 2 aromatic rings. The van der Waals surface area contributed by atoms with Crippen molar-refractivity contribution in [3.8, 4) is 0 Å². The lowest BCUT2D eigenvalue weighted by molar-refractivity contribution is 0.102. The molecule has 3 N–H and O–H groups in total. The highest BCUT2D eigenvalue weighted by Crippen LogP contribution is 2.29. The van der Waals surface area contributed by atoms with Crippen molar-refractivity contribution in [1.29, 1.82) is 0 Å². The number of carbonyl (C=O) groups is 1. The van der Waals surface area contributed by atoms with E-state index in [0.29, 0.717) is 11.3 Å². The first-order valence-electron chi connectivity index (χ1n) is 7.06. The number of para-hydroxylation sites is 1. The lowest BCUT2D eigenvalue weighted by Gasteiger charge is -2.23. The van der Waals surface area contributed by atoms with E-state index < -0.39 is 0 Å². The van der Waals surface area contributed by atoms with Gasteiger partial charge in [-0.25, -0.2) is 0 Å². The monoisotopic (exact) mass is 282 g/mol. The van der Waals surface area contributed by atoms with Crippen molar-refractivity contribution in [2.75, 3.05) is 11.1 Å². The third-order valence-electron chi connectivity index (χ3n) is 3.48. The van der Waals surface area contributed by atoms with Gasteiger partial charge in [0.25, 0.3) is 5.91 Å². The molecule has 0 heterocycles. The number of rotatable bonds is 2. The largest absolute Gasteiger partial charge is 0.399 e. The van der Waals surface area contributed by atoms with Gasteiger partial charge in [0.1, 0.15) is 0 Å². The van der Waals surface area contributed by atoms with E-state index in [1.165, 1.54) is 0 Å². The van der Waals surface area contributed by atoms with Crippen molar-refractivity contribution < 1.29 is 4.79 Å². The maximum Gasteiger partial charge on any atom is 0.255 e. The maximum atomic E-state index is 12.5. The second-order valence-electron chi connectivity index (χ2n) is 6.32. The molecule has 0 aliphatic heterocycles. The van der Waals surface area contributed by atoms with Gasteiger partial charge in [-0.15, -0.1) is 0 Å². The number of nitrogens with one attached hydrogen (secondary N) is 1. The Morgan fingerprint density at radius 3 is 2.38 bits per heavy atom. The fourth-order valence-corrected chi connectivity index (χ4v) is 2.38. The van der Waals surface area contributed by atoms with Crippen LogP contribution in [0.4, 0.5) is 11.4 Å². The second kappa shape index (κ2) is 5.60. The van der Waals surface area contributed by atoms with Crippen molar-refractivity contribution in [1.82, 2.24) is 0 Å². The summed E-state index contributed by atoms with van der Waals surface area (Å²) in [5, 5.41) is 3.01. The molecule has 0 bridgehead atoms. The predicted octanol–water partition coefficient (Wildman–Crippen LogP) is 4.13. The number of nitrogen functional groups attached to an aromatic ring is 1. The Kier molecular flexibility index (Phi) is 4.03. The molecular formula is C18H22N2O. The Labute approximate surface area is 126 Å². The van der Waals surface area contributed by atoms with E-state index in [2.05, 4.69) is 26.1 Å². The molecule has 110 valence electrons. The summed E-state index contributed by atoms with van der Waals surface area (Å²) in [6.45, 7) is 8.28. The van der Waals surface area contributed by atoms with Gasteiger partial charge < -0.3 is 11.1 Å². The van der Waals surface area contributed by atoms with E-state index >= 15 is 0 Å². The van der Waals surface area contributed by atoms with E-state index in [1.54, 1.807) is 12.1 Å². The molecule has 0 atom stereocenters. The summed E-state index contributed by atoms with van der Waals surface area (Å²) < 4.78 is 0. The van der Waals surface area contributed by atoms with Crippen LogP contribution in [0, 0.1) is 6.92 Å². The molecule has 0 spiro atoms. The zero-order valence-corrected chi connectivity index (χ0v) is 13.0. The standard InChI is InChI=1S/C18H22N2O/c1-12-11-13(19)9-10-14(12)17(21)20-16-8-6-5-7-15(16)18(2,3)4/h5-11H,19H2,1-4H3,(H,20,21). The van der Waals surface area contributed by atoms with Crippen LogP contribution in [-0.2, 0) is 5.41 Å².